The van der Waals surface area contributed by atoms with Crippen molar-refractivity contribution in [2.75, 3.05) is 26.7 Å². The van der Waals surface area contributed by atoms with E-state index < -0.39 is 0 Å². The second kappa shape index (κ2) is 8.28. The number of aromatic amines is 1. The minimum Gasteiger partial charge on any atom is -0.497 e. The zero-order chi connectivity index (χ0) is 21.4. The Bertz CT molecular complexity index is 1360. The van der Waals surface area contributed by atoms with Gasteiger partial charge in [-0.05, 0) is 61.7 Å². The van der Waals surface area contributed by atoms with Crippen LogP contribution in [0.15, 0.2) is 52.2 Å². The Morgan fingerprint density at radius 2 is 2.13 bits per heavy atom. The van der Waals surface area contributed by atoms with Crippen LogP contribution in [0, 0.1) is 0 Å². The third kappa shape index (κ3) is 3.77. The first-order chi connectivity index (χ1) is 15.1. The SMILES string of the molecule is COc1cccc([C@@H]2CCN(CCCn3c(=O)[nH]c4c(sc5cccnc54)c3=O)C2)c1. The minimum atomic E-state index is -0.362. The van der Waals surface area contributed by atoms with Crippen LogP contribution in [0.4, 0.5) is 0 Å². The van der Waals surface area contributed by atoms with Crippen molar-refractivity contribution in [3.63, 3.8) is 0 Å². The van der Waals surface area contributed by atoms with Gasteiger partial charge in [0.05, 0.1) is 17.3 Å². The van der Waals surface area contributed by atoms with Gasteiger partial charge in [-0.3, -0.25) is 14.3 Å². The van der Waals surface area contributed by atoms with Gasteiger partial charge in [0.2, 0.25) is 0 Å². The number of H-pyrrole nitrogens is 1. The van der Waals surface area contributed by atoms with Crippen molar-refractivity contribution in [3.8, 4) is 5.75 Å². The fourth-order valence-corrected chi connectivity index (χ4v) is 5.51. The van der Waals surface area contributed by atoms with E-state index in [1.165, 1.54) is 21.5 Å². The van der Waals surface area contributed by atoms with Gasteiger partial charge in [0, 0.05) is 19.3 Å². The van der Waals surface area contributed by atoms with Gasteiger partial charge in [0.1, 0.15) is 16.0 Å². The number of rotatable bonds is 6. The number of pyridine rings is 1. The standard InChI is InChI=1S/C23H24N4O3S/c1-30-17-6-2-5-15(13-17)16-8-12-26(14-16)10-4-11-27-22(28)21-20(25-23(27)29)19-18(31-21)7-3-9-24-19/h2-3,5-7,9,13,16H,4,8,10-12,14H2,1H3,(H,25,29)/t16-/m1/s1. The molecule has 7 nitrogen and oxygen atoms in total. The molecule has 0 amide bonds. The molecule has 4 heterocycles. The highest BCUT2D eigenvalue weighted by Gasteiger charge is 2.24. The van der Waals surface area contributed by atoms with Crippen LogP contribution in [0.25, 0.3) is 20.4 Å². The fourth-order valence-electron chi connectivity index (χ4n) is 4.44. The molecule has 1 aliphatic rings. The number of thiophene rings is 1. The van der Waals surface area contributed by atoms with Crippen molar-refractivity contribution in [2.24, 2.45) is 0 Å². The molecule has 0 radical (unpaired) electrons. The predicted molar refractivity (Wildman–Crippen MR) is 123 cm³/mol. The van der Waals surface area contributed by atoms with Crippen LogP contribution in [-0.2, 0) is 6.54 Å². The third-order valence-electron chi connectivity index (χ3n) is 6.06. The highest BCUT2D eigenvalue weighted by molar-refractivity contribution is 7.25. The predicted octanol–water partition coefficient (Wildman–Crippen LogP) is 3.19. The summed E-state index contributed by atoms with van der Waals surface area (Å²) in [5.41, 5.74) is 1.95. The highest BCUT2D eigenvalue weighted by Crippen LogP contribution is 2.29. The second-order valence-electron chi connectivity index (χ2n) is 7.96. The lowest BCUT2D eigenvalue weighted by Gasteiger charge is -2.16. The van der Waals surface area contributed by atoms with E-state index in [9.17, 15) is 9.59 Å². The largest absolute Gasteiger partial charge is 0.497 e. The summed E-state index contributed by atoms with van der Waals surface area (Å²) in [6, 6.07) is 12.0. The first-order valence-corrected chi connectivity index (χ1v) is 11.3. The van der Waals surface area contributed by atoms with E-state index in [-0.39, 0.29) is 11.2 Å². The number of nitrogens with zero attached hydrogens (tertiary/aromatic N) is 3. The van der Waals surface area contributed by atoms with E-state index in [2.05, 4.69) is 27.0 Å². The maximum absolute atomic E-state index is 12.9. The monoisotopic (exact) mass is 436 g/mol. The molecule has 1 aliphatic heterocycles. The van der Waals surface area contributed by atoms with Crippen LogP contribution in [-0.4, -0.2) is 46.2 Å². The molecule has 0 spiro atoms. The molecule has 3 aromatic heterocycles. The summed E-state index contributed by atoms with van der Waals surface area (Å²) >= 11 is 1.38. The van der Waals surface area contributed by atoms with Gasteiger partial charge in [-0.1, -0.05) is 12.1 Å². The number of fused-ring (bicyclic) bond motifs is 3. The summed E-state index contributed by atoms with van der Waals surface area (Å²) < 4.78 is 8.14. The quantitative estimate of drug-likeness (QED) is 0.502. The number of hydrogen-bond donors (Lipinski definition) is 1. The molecular weight excluding hydrogens is 412 g/mol. The number of aromatic nitrogens is 3. The van der Waals surface area contributed by atoms with Gasteiger partial charge in [0.25, 0.3) is 5.56 Å². The highest BCUT2D eigenvalue weighted by atomic mass is 32.1. The lowest BCUT2D eigenvalue weighted by molar-refractivity contribution is 0.319. The van der Waals surface area contributed by atoms with E-state index in [1.54, 1.807) is 13.3 Å². The molecule has 0 bridgehead atoms. The van der Waals surface area contributed by atoms with Gasteiger partial charge in [-0.15, -0.1) is 11.3 Å². The van der Waals surface area contributed by atoms with Gasteiger partial charge in [-0.2, -0.15) is 0 Å². The Balaban J connectivity index is 1.27. The molecular formula is C23H24N4O3S. The maximum atomic E-state index is 12.9. The van der Waals surface area contributed by atoms with E-state index in [1.807, 2.05) is 24.3 Å². The van der Waals surface area contributed by atoms with E-state index >= 15 is 0 Å². The maximum Gasteiger partial charge on any atom is 0.328 e. The van der Waals surface area contributed by atoms with Crippen LogP contribution < -0.4 is 16.0 Å². The Hall–Kier alpha value is -2.97. The van der Waals surface area contributed by atoms with Gasteiger partial charge < -0.3 is 14.6 Å². The molecule has 0 aliphatic carbocycles. The third-order valence-corrected chi connectivity index (χ3v) is 7.19. The van der Waals surface area contributed by atoms with Crippen LogP contribution >= 0.6 is 11.3 Å². The number of methoxy groups -OCH3 is 1. The summed E-state index contributed by atoms with van der Waals surface area (Å²) in [5, 5.41) is 0. The average molecular weight is 437 g/mol. The number of ether oxygens (including phenoxy) is 1. The van der Waals surface area contributed by atoms with Crippen molar-refractivity contribution in [1.29, 1.82) is 0 Å². The molecule has 0 unspecified atom stereocenters. The van der Waals surface area contributed by atoms with Gasteiger partial charge >= 0.3 is 5.69 Å². The first kappa shape index (κ1) is 20.0. The van der Waals surface area contributed by atoms with Crippen LogP contribution in [0.5, 0.6) is 5.75 Å². The van der Waals surface area contributed by atoms with Gasteiger partial charge in [-0.25, -0.2) is 4.79 Å². The molecule has 1 fully saturated rings. The molecule has 1 saturated heterocycles. The van der Waals surface area contributed by atoms with Crippen molar-refractivity contribution in [2.45, 2.75) is 25.3 Å². The summed E-state index contributed by atoms with van der Waals surface area (Å²) in [6.07, 6.45) is 3.53. The molecule has 1 N–H and O–H groups in total. The molecule has 8 heteroatoms. The average Bonchev–Trinajstić information content (AvgIpc) is 3.41. The Morgan fingerprint density at radius 3 is 3.00 bits per heavy atom. The fraction of sp³-hybridized carbons (Fsp3) is 0.348. The van der Waals surface area contributed by atoms with Crippen molar-refractivity contribution in [3.05, 3.63) is 69.0 Å². The van der Waals surface area contributed by atoms with Crippen LogP contribution in [0.3, 0.4) is 0 Å². The van der Waals surface area contributed by atoms with Crippen LogP contribution in [0.1, 0.15) is 24.3 Å². The zero-order valence-corrected chi connectivity index (χ0v) is 18.2. The lowest BCUT2D eigenvalue weighted by atomic mass is 9.98. The van der Waals surface area contributed by atoms with Crippen LogP contribution in [0.2, 0.25) is 0 Å². The van der Waals surface area contributed by atoms with E-state index in [4.69, 9.17) is 4.74 Å². The summed E-state index contributed by atoms with van der Waals surface area (Å²) in [6.45, 7) is 3.28. The Kier molecular flexibility index (Phi) is 5.33. The number of nitrogens with one attached hydrogen (secondary N) is 1. The molecule has 1 aromatic carbocycles. The molecule has 0 saturated carbocycles. The van der Waals surface area contributed by atoms with E-state index in [0.29, 0.717) is 28.2 Å². The van der Waals surface area contributed by atoms with Crippen molar-refractivity contribution in [1.82, 2.24) is 19.4 Å². The molecule has 4 aromatic rings. The van der Waals surface area contributed by atoms with E-state index in [0.717, 1.165) is 42.9 Å². The summed E-state index contributed by atoms with van der Waals surface area (Å²) in [5.74, 6) is 1.38. The second-order valence-corrected chi connectivity index (χ2v) is 9.01. The summed E-state index contributed by atoms with van der Waals surface area (Å²) in [4.78, 5) is 35.1. The lowest BCUT2D eigenvalue weighted by Crippen LogP contribution is -2.35. The molecule has 1 atom stereocenters. The molecule has 5 rings (SSSR count). The normalized spacial score (nSPS) is 17.0. The number of hydrogen-bond acceptors (Lipinski definition) is 6. The minimum absolute atomic E-state index is 0.225. The Morgan fingerprint density at radius 1 is 1.23 bits per heavy atom. The zero-order valence-electron chi connectivity index (χ0n) is 17.3. The number of likely N-dealkylation sites (tertiary alicyclic amines) is 1. The Labute approximate surface area is 182 Å². The smallest absolute Gasteiger partial charge is 0.328 e. The van der Waals surface area contributed by atoms with Gasteiger partial charge in [0.15, 0.2) is 0 Å². The van der Waals surface area contributed by atoms with Crippen molar-refractivity contribution >= 4 is 31.8 Å². The topological polar surface area (TPSA) is 80.2 Å². The number of benzene rings is 1. The molecule has 160 valence electrons. The van der Waals surface area contributed by atoms with Crippen molar-refractivity contribution < 1.29 is 4.74 Å². The molecule has 31 heavy (non-hydrogen) atoms. The summed E-state index contributed by atoms with van der Waals surface area (Å²) in [7, 11) is 1.69. The first-order valence-electron chi connectivity index (χ1n) is 10.5.